The first-order chi connectivity index (χ1) is 8.62. The van der Waals surface area contributed by atoms with Crippen molar-refractivity contribution in [1.82, 2.24) is 10.0 Å². The van der Waals surface area contributed by atoms with Gasteiger partial charge in [-0.15, -0.1) is 0 Å². The smallest absolute Gasteiger partial charge is 0.240 e. The van der Waals surface area contributed by atoms with Crippen molar-refractivity contribution in [2.24, 2.45) is 0 Å². The summed E-state index contributed by atoms with van der Waals surface area (Å²) in [5.74, 6) is 0.719. The van der Waals surface area contributed by atoms with E-state index in [9.17, 15) is 8.42 Å². The molecule has 1 heterocycles. The minimum Gasteiger partial charge on any atom is -0.490 e. The molecule has 100 valence electrons. The molecule has 0 aliphatic carbocycles. The predicted molar refractivity (Wildman–Crippen MR) is 69.2 cm³/mol. The fourth-order valence-corrected chi connectivity index (χ4v) is 2.65. The van der Waals surface area contributed by atoms with Crippen LogP contribution in [0.25, 0.3) is 0 Å². The maximum Gasteiger partial charge on any atom is 0.240 e. The zero-order chi connectivity index (χ0) is 13.0. The lowest BCUT2D eigenvalue weighted by atomic mass is 10.1. The Labute approximate surface area is 108 Å². The van der Waals surface area contributed by atoms with Crippen molar-refractivity contribution in [1.29, 1.82) is 0 Å². The van der Waals surface area contributed by atoms with Crippen molar-refractivity contribution in [3.63, 3.8) is 0 Å². The molecule has 1 aromatic rings. The predicted octanol–water partition coefficient (Wildman–Crippen LogP) is 0.725. The SMILES string of the molecule is CNS(=O)(=O)c1ccc(OC2CCNCC2)cc1. The maximum absolute atomic E-state index is 11.5. The van der Waals surface area contributed by atoms with Gasteiger partial charge in [-0.25, -0.2) is 13.1 Å². The van der Waals surface area contributed by atoms with Crippen molar-refractivity contribution >= 4 is 10.0 Å². The molecular weight excluding hydrogens is 252 g/mol. The molecule has 0 spiro atoms. The zero-order valence-corrected chi connectivity index (χ0v) is 11.2. The average molecular weight is 270 g/mol. The normalized spacial score (nSPS) is 17.6. The molecule has 18 heavy (non-hydrogen) atoms. The standard InChI is InChI=1S/C12H18N2O3S/c1-13-18(15,16)12-4-2-10(3-5-12)17-11-6-8-14-9-7-11/h2-5,11,13-14H,6-9H2,1H3. The highest BCUT2D eigenvalue weighted by Crippen LogP contribution is 2.19. The third-order valence-corrected chi connectivity index (χ3v) is 4.42. The number of ether oxygens (including phenoxy) is 1. The van der Waals surface area contributed by atoms with Gasteiger partial charge in [-0.05, 0) is 57.2 Å². The van der Waals surface area contributed by atoms with Gasteiger partial charge in [0.15, 0.2) is 0 Å². The lowest BCUT2D eigenvalue weighted by Gasteiger charge is -2.23. The van der Waals surface area contributed by atoms with E-state index in [0.717, 1.165) is 31.7 Å². The molecule has 0 aromatic heterocycles. The molecule has 0 bridgehead atoms. The fraction of sp³-hybridized carbons (Fsp3) is 0.500. The summed E-state index contributed by atoms with van der Waals surface area (Å²) in [7, 11) is -1.97. The molecule has 1 saturated heterocycles. The molecule has 6 heteroatoms. The molecule has 0 saturated carbocycles. The fourth-order valence-electron chi connectivity index (χ4n) is 1.92. The van der Waals surface area contributed by atoms with Crippen LogP contribution >= 0.6 is 0 Å². The summed E-state index contributed by atoms with van der Waals surface area (Å²) in [5, 5.41) is 3.27. The molecule has 1 aliphatic rings. The maximum atomic E-state index is 11.5. The van der Waals surface area contributed by atoms with Crippen molar-refractivity contribution in [2.45, 2.75) is 23.8 Å². The van der Waals surface area contributed by atoms with Crippen LogP contribution in [0.1, 0.15) is 12.8 Å². The largest absolute Gasteiger partial charge is 0.490 e. The van der Waals surface area contributed by atoms with E-state index in [1.54, 1.807) is 24.3 Å². The van der Waals surface area contributed by atoms with Crippen LogP contribution < -0.4 is 14.8 Å². The van der Waals surface area contributed by atoms with E-state index >= 15 is 0 Å². The van der Waals surface area contributed by atoms with E-state index < -0.39 is 10.0 Å². The minimum atomic E-state index is -3.36. The molecule has 1 aliphatic heterocycles. The van der Waals surface area contributed by atoms with E-state index in [-0.39, 0.29) is 11.0 Å². The second kappa shape index (κ2) is 5.69. The number of piperidine rings is 1. The van der Waals surface area contributed by atoms with E-state index in [1.807, 2.05) is 0 Å². The van der Waals surface area contributed by atoms with Gasteiger partial charge in [0.05, 0.1) is 4.90 Å². The lowest BCUT2D eigenvalue weighted by molar-refractivity contribution is 0.162. The highest BCUT2D eigenvalue weighted by Gasteiger charge is 2.15. The number of rotatable bonds is 4. The highest BCUT2D eigenvalue weighted by molar-refractivity contribution is 7.89. The van der Waals surface area contributed by atoms with Crippen LogP contribution in [0.2, 0.25) is 0 Å². The van der Waals surface area contributed by atoms with Gasteiger partial charge in [0.1, 0.15) is 11.9 Å². The van der Waals surface area contributed by atoms with E-state index in [4.69, 9.17) is 4.74 Å². The van der Waals surface area contributed by atoms with E-state index in [1.165, 1.54) is 7.05 Å². The third kappa shape index (κ3) is 3.22. The Morgan fingerprint density at radius 2 is 1.83 bits per heavy atom. The Morgan fingerprint density at radius 1 is 1.22 bits per heavy atom. The average Bonchev–Trinajstić information content (AvgIpc) is 2.40. The second-order valence-electron chi connectivity index (χ2n) is 4.25. The molecule has 1 fully saturated rings. The van der Waals surface area contributed by atoms with Crippen molar-refractivity contribution in [2.75, 3.05) is 20.1 Å². The van der Waals surface area contributed by atoms with Gasteiger partial charge in [0.2, 0.25) is 10.0 Å². The van der Waals surface area contributed by atoms with E-state index in [0.29, 0.717) is 0 Å². The van der Waals surface area contributed by atoms with E-state index in [2.05, 4.69) is 10.0 Å². The Morgan fingerprint density at radius 3 is 2.39 bits per heavy atom. The Bertz CT molecular complexity index is 479. The summed E-state index contributed by atoms with van der Waals surface area (Å²) in [6, 6.07) is 6.52. The summed E-state index contributed by atoms with van der Waals surface area (Å²) in [5.41, 5.74) is 0. The number of hydrogen-bond donors (Lipinski definition) is 2. The summed E-state index contributed by atoms with van der Waals surface area (Å²) in [6.45, 7) is 1.94. The molecule has 1 aromatic carbocycles. The molecule has 0 atom stereocenters. The van der Waals surface area contributed by atoms with Crippen LogP contribution in [0, 0.1) is 0 Å². The van der Waals surface area contributed by atoms with Crippen LogP contribution in [-0.4, -0.2) is 34.7 Å². The van der Waals surface area contributed by atoms with Crippen molar-refractivity contribution in [3.8, 4) is 5.75 Å². The van der Waals surface area contributed by atoms with Gasteiger partial charge in [0, 0.05) is 0 Å². The monoisotopic (exact) mass is 270 g/mol. The molecule has 0 amide bonds. The number of benzene rings is 1. The Hall–Kier alpha value is -1.11. The third-order valence-electron chi connectivity index (χ3n) is 2.99. The van der Waals surface area contributed by atoms with Crippen molar-refractivity contribution < 1.29 is 13.2 Å². The minimum absolute atomic E-state index is 0.220. The zero-order valence-electron chi connectivity index (χ0n) is 10.3. The van der Waals surface area contributed by atoms with Gasteiger partial charge in [-0.1, -0.05) is 0 Å². The van der Waals surface area contributed by atoms with Crippen LogP contribution in [0.5, 0.6) is 5.75 Å². The van der Waals surface area contributed by atoms with Gasteiger partial charge in [-0.2, -0.15) is 0 Å². The number of hydrogen-bond acceptors (Lipinski definition) is 4. The van der Waals surface area contributed by atoms with Gasteiger partial charge < -0.3 is 10.1 Å². The topological polar surface area (TPSA) is 67.4 Å². The first-order valence-corrected chi connectivity index (χ1v) is 7.51. The second-order valence-corrected chi connectivity index (χ2v) is 6.13. The first kappa shape index (κ1) is 13.3. The Kier molecular flexibility index (Phi) is 4.21. The van der Waals surface area contributed by atoms with Crippen LogP contribution in [0.4, 0.5) is 0 Å². The van der Waals surface area contributed by atoms with Gasteiger partial charge in [-0.3, -0.25) is 0 Å². The van der Waals surface area contributed by atoms with Crippen LogP contribution in [-0.2, 0) is 10.0 Å². The van der Waals surface area contributed by atoms with Crippen LogP contribution in [0.15, 0.2) is 29.2 Å². The first-order valence-electron chi connectivity index (χ1n) is 6.03. The molecular formula is C12H18N2O3S. The lowest BCUT2D eigenvalue weighted by Crippen LogP contribution is -2.34. The molecule has 2 N–H and O–H groups in total. The number of nitrogens with one attached hydrogen (secondary N) is 2. The summed E-state index contributed by atoms with van der Waals surface area (Å²) < 4.78 is 31.2. The molecule has 0 unspecified atom stereocenters. The highest BCUT2D eigenvalue weighted by atomic mass is 32.2. The Balaban J connectivity index is 2.03. The van der Waals surface area contributed by atoms with Gasteiger partial charge >= 0.3 is 0 Å². The summed E-state index contributed by atoms with van der Waals surface area (Å²) in [4.78, 5) is 0.252. The van der Waals surface area contributed by atoms with Gasteiger partial charge in [0.25, 0.3) is 0 Å². The quantitative estimate of drug-likeness (QED) is 0.846. The summed E-state index contributed by atoms with van der Waals surface area (Å²) >= 11 is 0. The number of sulfonamides is 1. The van der Waals surface area contributed by atoms with Crippen molar-refractivity contribution in [3.05, 3.63) is 24.3 Å². The van der Waals surface area contributed by atoms with Crippen LogP contribution in [0.3, 0.4) is 0 Å². The molecule has 5 nitrogen and oxygen atoms in total. The molecule has 2 rings (SSSR count). The summed E-state index contributed by atoms with van der Waals surface area (Å²) in [6.07, 6.45) is 2.19. The molecule has 0 radical (unpaired) electrons.